The molecule has 148 valence electrons. The van der Waals surface area contributed by atoms with Crippen LogP contribution in [0.25, 0.3) is 33.2 Å². The van der Waals surface area contributed by atoms with E-state index in [0.717, 1.165) is 27.7 Å². The predicted octanol–water partition coefficient (Wildman–Crippen LogP) is 2.93. The number of nitrogens with one attached hydrogen (secondary N) is 3. The summed E-state index contributed by atoms with van der Waals surface area (Å²) in [5.41, 5.74) is 10.9. The minimum Gasteiger partial charge on any atom is -0.341 e. The zero-order chi connectivity index (χ0) is 20.5. The van der Waals surface area contributed by atoms with Gasteiger partial charge in [-0.25, -0.2) is 9.97 Å². The van der Waals surface area contributed by atoms with E-state index >= 15 is 0 Å². The van der Waals surface area contributed by atoms with Gasteiger partial charge in [0.15, 0.2) is 0 Å². The summed E-state index contributed by atoms with van der Waals surface area (Å²) in [7, 11) is 0. The molecule has 5 rings (SSSR count). The second kappa shape index (κ2) is 7.41. The fourth-order valence-corrected chi connectivity index (χ4v) is 3.55. The zero-order valence-corrected chi connectivity index (χ0v) is 16.0. The lowest BCUT2D eigenvalue weighted by Gasteiger charge is -2.16. The van der Waals surface area contributed by atoms with Gasteiger partial charge in [0.25, 0.3) is 5.91 Å². The normalized spacial score (nSPS) is 12.3. The molecule has 0 bridgehead atoms. The van der Waals surface area contributed by atoms with Crippen LogP contribution in [0.3, 0.4) is 0 Å². The molecule has 2 aromatic carbocycles. The number of pyridine rings is 1. The first-order chi connectivity index (χ1) is 14.7. The van der Waals surface area contributed by atoms with E-state index < -0.39 is 0 Å². The number of carbonyl (C=O) groups is 1. The first-order valence-electron chi connectivity index (χ1n) is 9.57. The summed E-state index contributed by atoms with van der Waals surface area (Å²) >= 11 is 0. The molecule has 8 heteroatoms. The molecule has 0 spiro atoms. The van der Waals surface area contributed by atoms with Crippen molar-refractivity contribution in [1.82, 2.24) is 30.5 Å². The number of fused-ring (bicyclic) bond motifs is 2. The highest BCUT2D eigenvalue weighted by molar-refractivity contribution is 6.02. The van der Waals surface area contributed by atoms with Crippen LogP contribution in [0.4, 0.5) is 0 Å². The molecule has 5 aromatic rings. The summed E-state index contributed by atoms with van der Waals surface area (Å²) in [4.78, 5) is 25.7. The maximum Gasteiger partial charge on any atom is 0.289 e. The van der Waals surface area contributed by atoms with Crippen LogP contribution in [0.5, 0.6) is 0 Å². The predicted molar refractivity (Wildman–Crippen MR) is 115 cm³/mol. The summed E-state index contributed by atoms with van der Waals surface area (Å²) in [6.07, 6.45) is 3.48. The number of nitrogens with two attached hydrogens (primary N) is 1. The molecule has 8 nitrogen and oxygen atoms in total. The second-order valence-corrected chi connectivity index (χ2v) is 6.97. The molecule has 30 heavy (non-hydrogen) atoms. The van der Waals surface area contributed by atoms with E-state index in [1.54, 1.807) is 12.4 Å². The third kappa shape index (κ3) is 3.19. The van der Waals surface area contributed by atoms with Gasteiger partial charge in [-0.1, -0.05) is 30.3 Å². The monoisotopic (exact) mass is 397 g/mol. The van der Waals surface area contributed by atoms with Crippen LogP contribution in [-0.2, 0) is 0 Å². The molecule has 3 heterocycles. The number of aromatic nitrogens is 5. The average Bonchev–Trinajstić information content (AvgIpc) is 3.40. The fraction of sp³-hybridized carbons (Fsp3) is 0.0909. The Morgan fingerprint density at radius 1 is 1.00 bits per heavy atom. The lowest BCUT2D eigenvalue weighted by Crippen LogP contribution is -2.33. The van der Waals surface area contributed by atoms with Crippen LogP contribution in [0, 0.1) is 0 Å². The van der Waals surface area contributed by atoms with E-state index in [-0.39, 0.29) is 24.3 Å². The third-order valence-corrected chi connectivity index (χ3v) is 5.07. The maximum atomic E-state index is 12.8. The lowest BCUT2D eigenvalue weighted by atomic mass is 10.1. The van der Waals surface area contributed by atoms with E-state index in [0.29, 0.717) is 11.0 Å². The Kier molecular flexibility index (Phi) is 4.45. The number of nitrogens with zero attached hydrogens (tertiary/aromatic N) is 3. The zero-order valence-electron chi connectivity index (χ0n) is 16.0. The van der Waals surface area contributed by atoms with E-state index in [4.69, 9.17) is 5.73 Å². The quantitative estimate of drug-likeness (QED) is 0.363. The maximum absolute atomic E-state index is 12.8. The number of amides is 1. The Bertz CT molecular complexity index is 1330. The number of imidazole rings is 1. The Balaban J connectivity index is 1.48. The number of hydrogen-bond donors (Lipinski definition) is 4. The SMILES string of the molecule is NC[C@@H](NC(=O)c1nc2cc3[nH][nH]c(-c4ccncc4)c3cc2n1)c1ccccc1. The van der Waals surface area contributed by atoms with Crippen LogP contribution < -0.4 is 11.1 Å². The first kappa shape index (κ1) is 18.0. The largest absolute Gasteiger partial charge is 0.341 e. The Morgan fingerprint density at radius 3 is 2.47 bits per heavy atom. The average molecular weight is 397 g/mol. The van der Waals surface area contributed by atoms with Gasteiger partial charge < -0.3 is 16.1 Å². The number of H-pyrrole nitrogens is 2. The van der Waals surface area contributed by atoms with Crippen LogP contribution in [0.15, 0.2) is 67.0 Å². The van der Waals surface area contributed by atoms with Crippen molar-refractivity contribution in [3.8, 4) is 11.3 Å². The standard InChI is InChI=1S/C22H19N7O/c23-12-19(13-4-2-1-3-5-13)27-22(30)21-25-17-10-15-16(11-18(17)26-21)28-29-20(15)14-6-8-24-9-7-14/h1-11,19,28-29H,12,23H2,(H,27,30)/t19-/m1/s1. The van der Waals surface area contributed by atoms with Gasteiger partial charge in [-0.2, -0.15) is 0 Å². The Labute approximate surface area is 171 Å². The highest BCUT2D eigenvalue weighted by Crippen LogP contribution is 2.28. The molecule has 0 aliphatic rings. The van der Waals surface area contributed by atoms with Crippen LogP contribution >= 0.6 is 0 Å². The molecule has 0 aliphatic heterocycles. The number of aromatic amines is 2. The molecule has 0 aliphatic carbocycles. The van der Waals surface area contributed by atoms with Crippen molar-refractivity contribution in [2.45, 2.75) is 6.04 Å². The van der Waals surface area contributed by atoms with Gasteiger partial charge in [0, 0.05) is 29.9 Å². The van der Waals surface area contributed by atoms with E-state index in [9.17, 15) is 4.79 Å². The van der Waals surface area contributed by atoms with Crippen molar-refractivity contribution in [2.75, 3.05) is 6.54 Å². The van der Waals surface area contributed by atoms with Gasteiger partial charge in [-0.05, 0) is 29.8 Å². The molecular weight excluding hydrogens is 378 g/mol. The number of benzene rings is 2. The van der Waals surface area contributed by atoms with Gasteiger partial charge in [-0.15, -0.1) is 0 Å². The number of rotatable bonds is 5. The summed E-state index contributed by atoms with van der Waals surface area (Å²) < 4.78 is 0. The van der Waals surface area contributed by atoms with Crippen molar-refractivity contribution in [3.63, 3.8) is 0 Å². The van der Waals surface area contributed by atoms with Gasteiger partial charge in [0.2, 0.25) is 5.82 Å². The highest BCUT2D eigenvalue weighted by Gasteiger charge is 2.19. The molecule has 0 saturated heterocycles. The molecule has 5 N–H and O–H groups in total. The first-order valence-corrected chi connectivity index (χ1v) is 9.57. The topological polar surface area (TPSA) is 125 Å². The van der Waals surface area contributed by atoms with Crippen molar-refractivity contribution in [3.05, 3.63) is 78.4 Å². The molecule has 3 aromatic heterocycles. The second-order valence-electron chi connectivity index (χ2n) is 6.97. The van der Waals surface area contributed by atoms with Crippen molar-refractivity contribution >= 4 is 27.8 Å². The van der Waals surface area contributed by atoms with Crippen LogP contribution in [0.1, 0.15) is 22.2 Å². The summed E-state index contributed by atoms with van der Waals surface area (Å²) in [5, 5.41) is 10.2. The summed E-state index contributed by atoms with van der Waals surface area (Å²) in [5.74, 6) is -0.225. The third-order valence-electron chi connectivity index (χ3n) is 5.07. The van der Waals surface area contributed by atoms with Crippen molar-refractivity contribution in [2.24, 2.45) is 5.73 Å². The molecule has 0 fully saturated rings. The Hall–Kier alpha value is -4.04. The molecule has 0 radical (unpaired) electrons. The van der Waals surface area contributed by atoms with Gasteiger partial charge in [0.1, 0.15) is 0 Å². The molecule has 1 atom stereocenters. The summed E-state index contributed by atoms with van der Waals surface area (Å²) in [6.45, 7) is 0.282. The number of hydrogen-bond acceptors (Lipinski definition) is 5. The minimum atomic E-state index is -0.352. The smallest absolute Gasteiger partial charge is 0.289 e. The van der Waals surface area contributed by atoms with E-state index in [1.807, 2.05) is 54.6 Å². The van der Waals surface area contributed by atoms with Crippen molar-refractivity contribution in [1.29, 1.82) is 0 Å². The van der Waals surface area contributed by atoms with E-state index in [1.165, 1.54) is 0 Å². The minimum absolute atomic E-state index is 0.126. The fourth-order valence-electron chi connectivity index (χ4n) is 3.55. The number of carbonyl (C=O) groups excluding carboxylic acids is 1. The molecular formula is C22H19N7O. The lowest BCUT2D eigenvalue weighted by molar-refractivity contribution is 0.0928. The van der Waals surface area contributed by atoms with Gasteiger partial charge >= 0.3 is 0 Å². The van der Waals surface area contributed by atoms with Crippen LogP contribution in [-0.4, -0.2) is 37.6 Å². The van der Waals surface area contributed by atoms with E-state index in [2.05, 4.69) is 30.5 Å². The molecule has 1 amide bonds. The van der Waals surface area contributed by atoms with Gasteiger partial charge in [0.05, 0.1) is 28.3 Å². The van der Waals surface area contributed by atoms with Crippen LogP contribution in [0.2, 0.25) is 0 Å². The highest BCUT2D eigenvalue weighted by atomic mass is 16.2. The van der Waals surface area contributed by atoms with Gasteiger partial charge in [-0.3, -0.25) is 14.9 Å². The Morgan fingerprint density at radius 2 is 1.73 bits per heavy atom. The molecule has 0 saturated carbocycles. The molecule has 0 unspecified atom stereocenters. The summed E-state index contributed by atoms with van der Waals surface area (Å²) in [6, 6.07) is 17.0. The van der Waals surface area contributed by atoms with Crippen molar-refractivity contribution < 1.29 is 4.79 Å².